The smallest absolute Gasteiger partial charge is 0.253 e. The number of phenolic OH excluding ortho intramolecular Hbond substituents is 1. The van der Waals surface area contributed by atoms with Crippen LogP contribution in [0.1, 0.15) is 36.5 Å². The summed E-state index contributed by atoms with van der Waals surface area (Å²) >= 11 is 0. The summed E-state index contributed by atoms with van der Waals surface area (Å²) in [6.45, 7) is 4.34. The number of β-amino-alcohol motifs (C(OH)–C–C–N with tert-alkyl or cyclic N) is 1. The van der Waals surface area contributed by atoms with Crippen LogP contribution < -0.4 is 0 Å². The van der Waals surface area contributed by atoms with Gasteiger partial charge in [0.05, 0.1) is 6.10 Å². The van der Waals surface area contributed by atoms with Crippen molar-refractivity contribution < 1.29 is 15.0 Å². The van der Waals surface area contributed by atoms with Gasteiger partial charge in [0.25, 0.3) is 5.91 Å². The summed E-state index contributed by atoms with van der Waals surface area (Å²) in [5, 5.41) is 18.7. The Kier molecular flexibility index (Phi) is 5.80. The van der Waals surface area contributed by atoms with Crippen LogP contribution in [0.4, 0.5) is 0 Å². The number of aliphatic hydroxyl groups is 1. The van der Waals surface area contributed by atoms with Crippen molar-refractivity contribution in [3.63, 3.8) is 0 Å². The molecule has 0 aromatic heterocycles. The molecule has 5 nitrogen and oxygen atoms in total. The summed E-state index contributed by atoms with van der Waals surface area (Å²) in [7, 11) is 1.84. The Morgan fingerprint density at radius 1 is 1.36 bits per heavy atom. The highest BCUT2D eigenvalue weighted by molar-refractivity contribution is 5.94. The molecule has 2 rings (SSSR count). The molecule has 1 heterocycles. The lowest BCUT2D eigenvalue weighted by Crippen LogP contribution is -2.55. The molecule has 0 spiro atoms. The van der Waals surface area contributed by atoms with Crippen LogP contribution >= 0.6 is 0 Å². The number of likely N-dealkylation sites (N-methyl/N-ethyl adjacent to an activating group) is 1. The lowest BCUT2D eigenvalue weighted by Gasteiger charge is -2.40. The molecule has 0 bridgehead atoms. The molecule has 1 aromatic rings. The number of hydrogen-bond donors (Lipinski definition) is 2. The third-order valence-electron chi connectivity index (χ3n) is 4.28. The average molecular weight is 306 g/mol. The van der Waals surface area contributed by atoms with Crippen molar-refractivity contribution in [2.75, 3.05) is 26.7 Å². The first-order valence-electron chi connectivity index (χ1n) is 7.98. The Bertz CT molecular complexity index is 483. The quantitative estimate of drug-likeness (QED) is 0.805. The van der Waals surface area contributed by atoms with Crippen molar-refractivity contribution in [1.82, 2.24) is 9.80 Å². The number of carbonyl (C=O) groups excluding carboxylic acids is 1. The van der Waals surface area contributed by atoms with Crippen molar-refractivity contribution in [2.24, 2.45) is 0 Å². The zero-order valence-electron chi connectivity index (χ0n) is 13.4. The van der Waals surface area contributed by atoms with Crippen LogP contribution in [0.3, 0.4) is 0 Å². The number of unbranched alkanes of at least 4 members (excludes halogenated alkanes) is 1. The molecule has 2 N–H and O–H groups in total. The first kappa shape index (κ1) is 16.8. The normalized spacial score (nSPS) is 17.0. The molecule has 1 fully saturated rings. The highest BCUT2D eigenvalue weighted by atomic mass is 16.3. The zero-order valence-corrected chi connectivity index (χ0v) is 13.4. The van der Waals surface area contributed by atoms with Crippen molar-refractivity contribution in [2.45, 2.75) is 38.3 Å². The lowest BCUT2D eigenvalue weighted by atomic mass is 10.0. The topological polar surface area (TPSA) is 64.0 Å². The van der Waals surface area contributed by atoms with Crippen LogP contribution in [0.2, 0.25) is 0 Å². The highest BCUT2D eigenvalue weighted by Gasteiger charge is 2.29. The van der Waals surface area contributed by atoms with E-state index in [9.17, 15) is 15.0 Å². The molecule has 0 radical (unpaired) electrons. The second kappa shape index (κ2) is 7.61. The Labute approximate surface area is 132 Å². The van der Waals surface area contributed by atoms with Gasteiger partial charge in [0.1, 0.15) is 5.75 Å². The Balaban J connectivity index is 2.01. The van der Waals surface area contributed by atoms with Crippen LogP contribution in [0.25, 0.3) is 0 Å². The number of likely N-dealkylation sites (tertiary alicyclic amines) is 1. The predicted molar refractivity (Wildman–Crippen MR) is 86.0 cm³/mol. The summed E-state index contributed by atoms with van der Waals surface area (Å²) in [4.78, 5) is 16.6. The van der Waals surface area contributed by atoms with Gasteiger partial charge < -0.3 is 15.1 Å². The Hall–Kier alpha value is -1.59. The first-order valence-corrected chi connectivity index (χ1v) is 7.98. The first-order chi connectivity index (χ1) is 10.5. The maximum atomic E-state index is 12.6. The van der Waals surface area contributed by atoms with Crippen molar-refractivity contribution in [1.29, 1.82) is 0 Å². The monoisotopic (exact) mass is 306 g/mol. The third kappa shape index (κ3) is 4.21. The van der Waals surface area contributed by atoms with E-state index in [0.29, 0.717) is 18.7 Å². The molecule has 0 aliphatic carbocycles. The van der Waals surface area contributed by atoms with Crippen molar-refractivity contribution in [3.8, 4) is 5.75 Å². The minimum Gasteiger partial charge on any atom is -0.508 e. The van der Waals surface area contributed by atoms with Crippen LogP contribution in [0.15, 0.2) is 24.3 Å². The summed E-state index contributed by atoms with van der Waals surface area (Å²) < 4.78 is 0. The number of rotatable bonds is 7. The number of carbonyl (C=O) groups is 1. The molecule has 1 aromatic carbocycles. The zero-order chi connectivity index (χ0) is 16.1. The molecule has 5 heteroatoms. The van der Waals surface area contributed by atoms with Gasteiger partial charge in [0.2, 0.25) is 0 Å². The van der Waals surface area contributed by atoms with Crippen LogP contribution in [0, 0.1) is 0 Å². The van der Waals surface area contributed by atoms with E-state index >= 15 is 0 Å². The Morgan fingerprint density at radius 3 is 2.55 bits per heavy atom. The highest BCUT2D eigenvalue weighted by Crippen LogP contribution is 2.18. The molecule has 122 valence electrons. The minimum absolute atomic E-state index is 0.0258. The third-order valence-corrected chi connectivity index (χ3v) is 4.28. The van der Waals surface area contributed by atoms with Crippen molar-refractivity contribution >= 4 is 5.91 Å². The van der Waals surface area contributed by atoms with E-state index in [1.165, 1.54) is 12.1 Å². The molecule has 1 aliphatic heterocycles. The van der Waals surface area contributed by atoms with Gasteiger partial charge in [-0.05, 0) is 30.7 Å². The molecule has 22 heavy (non-hydrogen) atoms. The SMILES string of the molecule is CCCC[C@@H](CN1CC(O)C1)N(C)C(=O)c1ccc(O)cc1. The molecular formula is C17H26N2O3. The molecule has 1 atom stereocenters. The van der Waals surface area contributed by atoms with Crippen LogP contribution in [0.5, 0.6) is 5.75 Å². The fourth-order valence-corrected chi connectivity index (χ4v) is 2.81. The fourth-order valence-electron chi connectivity index (χ4n) is 2.81. The van der Waals surface area contributed by atoms with Gasteiger partial charge in [-0.1, -0.05) is 19.8 Å². The van der Waals surface area contributed by atoms with Gasteiger partial charge in [-0.15, -0.1) is 0 Å². The van der Waals surface area contributed by atoms with Gasteiger partial charge in [-0.25, -0.2) is 0 Å². The number of hydrogen-bond acceptors (Lipinski definition) is 4. The largest absolute Gasteiger partial charge is 0.508 e. The summed E-state index contributed by atoms with van der Waals surface area (Å²) in [5.41, 5.74) is 0.588. The van der Waals surface area contributed by atoms with Gasteiger partial charge in [0.15, 0.2) is 0 Å². The number of aliphatic hydroxyl groups excluding tert-OH is 1. The van der Waals surface area contributed by atoms with Gasteiger partial charge >= 0.3 is 0 Å². The van der Waals surface area contributed by atoms with E-state index in [1.807, 2.05) is 7.05 Å². The van der Waals surface area contributed by atoms with Crippen LogP contribution in [-0.4, -0.2) is 64.7 Å². The maximum Gasteiger partial charge on any atom is 0.253 e. The minimum atomic E-state index is -0.218. The van der Waals surface area contributed by atoms with Gasteiger partial charge in [0, 0.05) is 38.3 Å². The Morgan fingerprint density at radius 2 is 2.00 bits per heavy atom. The molecule has 1 amide bonds. The van der Waals surface area contributed by atoms with E-state index in [4.69, 9.17) is 0 Å². The number of aromatic hydroxyl groups is 1. The van der Waals surface area contributed by atoms with Gasteiger partial charge in [-0.2, -0.15) is 0 Å². The molecule has 0 unspecified atom stereocenters. The number of amides is 1. The van der Waals surface area contributed by atoms with Gasteiger partial charge in [-0.3, -0.25) is 9.69 Å². The second-order valence-corrected chi connectivity index (χ2v) is 6.13. The molecular weight excluding hydrogens is 280 g/mol. The predicted octanol–water partition coefficient (Wildman–Crippen LogP) is 1.70. The molecule has 1 saturated heterocycles. The number of phenols is 1. The van der Waals surface area contributed by atoms with Crippen LogP contribution in [-0.2, 0) is 0 Å². The number of benzene rings is 1. The van der Waals surface area contributed by atoms with E-state index in [-0.39, 0.29) is 23.8 Å². The summed E-state index contributed by atoms with van der Waals surface area (Å²) in [6, 6.07) is 6.52. The number of nitrogens with zero attached hydrogens (tertiary/aromatic N) is 2. The fraction of sp³-hybridized carbons (Fsp3) is 0.588. The lowest BCUT2D eigenvalue weighted by molar-refractivity contribution is -0.0114. The summed E-state index contributed by atoms with van der Waals surface area (Å²) in [6.07, 6.45) is 2.92. The van der Waals surface area contributed by atoms with E-state index in [1.54, 1.807) is 17.0 Å². The maximum absolute atomic E-state index is 12.6. The van der Waals surface area contributed by atoms with Crippen molar-refractivity contribution in [3.05, 3.63) is 29.8 Å². The molecule has 0 saturated carbocycles. The van der Waals surface area contributed by atoms with E-state index < -0.39 is 0 Å². The molecule has 1 aliphatic rings. The second-order valence-electron chi connectivity index (χ2n) is 6.13. The summed E-state index contributed by atoms with van der Waals surface area (Å²) in [5.74, 6) is 0.137. The average Bonchev–Trinajstić information content (AvgIpc) is 2.48. The van der Waals surface area contributed by atoms with E-state index in [0.717, 1.165) is 25.8 Å². The standard InChI is InChI=1S/C17H26N2O3/c1-3-4-5-14(10-19-11-16(21)12-19)18(2)17(22)13-6-8-15(20)9-7-13/h6-9,14,16,20-21H,3-5,10-12H2,1-2H3/t14-/m0/s1. The van der Waals surface area contributed by atoms with E-state index in [2.05, 4.69) is 11.8 Å².